The minimum atomic E-state index is -0.681. The molecule has 2 aromatic rings. The van der Waals surface area contributed by atoms with Crippen molar-refractivity contribution in [3.8, 4) is 0 Å². The lowest BCUT2D eigenvalue weighted by Gasteiger charge is -2.23. The first-order valence-electron chi connectivity index (χ1n) is 8.67. The van der Waals surface area contributed by atoms with Gasteiger partial charge >= 0.3 is 0 Å². The molecule has 1 saturated carbocycles. The van der Waals surface area contributed by atoms with Crippen molar-refractivity contribution in [3.63, 3.8) is 0 Å². The quantitative estimate of drug-likeness (QED) is 0.773. The fourth-order valence-corrected chi connectivity index (χ4v) is 4.34. The number of carbonyl (C=O) groups excluding carboxylic acids is 1. The van der Waals surface area contributed by atoms with Crippen LogP contribution in [-0.4, -0.2) is 43.0 Å². The van der Waals surface area contributed by atoms with Gasteiger partial charge in [-0.2, -0.15) is 0 Å². The van der Waals surface area contributed by atoms with Crippen LogP contribution in [-0.2, 0) is 4.79 Å². The molecule has 25 heavy (non-hydrogen) atoms. The summed E-state index contributed by atoms with van der Waals surface area (Å²) in [5, 5.41) is 0.468. The Bertz CT molecular complexity index is 756. The smallest absolute Gasteiger partial charge is 0.231 e. The lowest BCUT2D eigenvalue weighted by Crippen LogP contribution is -2.37. The summed E-state index contributed by atoms with van der Waals surface area (Å²) in [6, 6.07) is 2.11. The predicted molar refractivity (Wildman–Crippen MR) is 97.0 cm³/mol. The van der Waals surface area contributed by atoms with Crippen LogP contribution in [0.1, 0.15) is 32.1 Å². The normalized spacial score (nSPS) is 15.4. The zero-order valence-corrected chi connectivity index (χ0v) is 15.4. The molecule has 1 amide bonds. The summed E-state index contributed by atoms with van der Waals surface area (Å²) in [6.45, 7) is 1.39. The van der Waals surface area contributed by atoms with Crippen molar-refractivity contribution in [2.24, 2.45) is 5.92 Å². The maximum absolute atomic E-state index is 14.0. The molecule has 0 atom stereocenters. The van der Waals surface area contributed by atoms with E-state index in [9.17, 15) is 13.6 Å². The van der Waals surface area contributed by atoms with Gasteiger partial charge in [0.05, 0.1) is 4.70 Å². The van der Waals surface area contributed by atoms with E-state index in [1.54, 1.807) is 4.90 Å². The molecule has 136 valence electrons. The fourth-order valence-electron chi connectivity index (χ4n) is 3.30. The molecule has 0 spiro atoms. The number of fused-ring (bicyclic) bond motifs is 1. The van der Waals surface area contributed by atoms with Crippen molar-refractivity contribution < 1.29 is 13.6 Å². The summed E-state index contributed by atoms with van der Waals surface area (Å²) < 4.78 is 27.9. The molecule has 1 fully saturated rings. The molecule has 1 aromatic heterocycles. The lowest BCUT2D eigenvalue weighted by atomic mass is 10.1. The van der Waals surface area contributed by atoms with E-state index in [0.717, 1.165) is 44.7 Å². The second-order valence-electron chi connectivity index (χ2n) is 6.86. The number of carbonyl (C=O) groups is 1. The summed E-state index contributed by atoms with van der Waals surface area (Å²) in [5.74, 6) is -1.22. The maximum Gasteiger partial charge on any atom is 0.231 e. The van der Waals surface area contributed by atoms with Crippen LogP contribution in [0.2, 0.25) is 0 Å². The first-order chi connectivity index (χ1) is 12.0. The highest BCUT2D eigenvalue weighted by Crippen LogP contribution is 2.34. The third-order valence-electron chi connectivity index (χ3n) is 4.59. The molecule has 0 aliphatic heterocycles. The number of amides is 1. The SMILES string of the molecule is CN(C)CCCN(C(=O)C1CCCC1)c1nc2c(F)cc(F)cc2s1. The maximum atomic E-state index is 14.0. The van der Waals surface area contributed by atoms with Crippen LogP contribution in [0.3, 0.4) is 0 Å². The second-order valence-corrected chi connectivity index (χ2v) is 7.87. The molecule has 1 aliphatic rings. The molecule has 1 aromatic carbocycles. The highest BCUT2D eigenvalue weighted by atomic mass is 32.1. The monoisotopic (exact) mass is 367 g/mol. The van der Waals surface area contributed by atoms with Crippen LogP contribution in [0.25, 0.3) is 10.2 Å². The molecule has 7 heteroatoms. The molecule has 1 aliphatic carbocycles. The van der Waals surface area contributed by atoms with Crippen LogP contribution in [0.5, 0.6) is 0 Å². The van der Waals surface area contributed by atoms with Crippen LogP contribution >= 0.6 is 11.3 Å². The summed E-state index contributed by atoms with van der Waals surface area (Å²) in [5.41, 5.74) is 0.137. The van der Waals surface area contributed by atoms with E-state index in [1.807, 2.05) is 14.1 Å². The molecular formula is C18H23F2N3OS. The third kappa shape index (κ3) is 4.15. The van der Waals surface area contributed by atoms with E-state index < -0.39 is 11.6 Å². The first kappa shape index (κ1) is 18.2. The number of rotatable bonds is 6. The number of aromatic nitrogens is 1. The zero-order chi connectivity index (χ0) is 18.0. The molecule has 0 N–H and O–H groups in total. The van der Waals surface area contributed by atoms with E-state index >= 15 is 0 Å². The summed E-state index contributed by atoms with van der Waals surface area (Å²) >= 11 is 1.18. The Hall–Kier alpha value is -1.60. The number of halogens is 2. The number of nitrogens with zero attached hydrogens (tertiary/aromatic N) is 3. The van der Waals surface area contributed by atoms with Crippen molar-refractivity contribution >= 4 is 32.6 Å². The minimum absolute atomic E-state index is 0.0213. The third-order valence-corrected chi connectivity index (χ3v) is 5.62. The van der Waals surface area contributed by atoms with Gasteiger partial charge in [-0.1, -0.05) is 24.2 Å². The predicted octanol–water partition coefficient (Wildman–Crippen LogP) is 4.05. The Morgan fingerprint density at radius 1 is 1.24 bits per heavy atom. The molecular weight excluding hydrogens is 344 g/mol. The number of thiazole rings is 1. The van der Waals surface area contributed by atoms with Gasteiger partial charge in [0, 0.05) is 18.5 Å². The Morgan fingerprint density at radius 2 is 1.96 bits per heavy atom. The minimum Gasteiger partial charge on any atom is -0.309 e. The van der Waals surface area contributed by atoms with Crippen molar-refractivity contribution in [1.29, 1.82) is 0 Å². The van der Waals surface area contributed by atoms with Gasteiger partial charge in [0.15, 0.2) is 10.9 Å². The average Bonchev–Trinajstić information content (AvgIpc) is 3.20. The van der Waals surface area contributed by atoms with Gasteiger partial charge in [0.1, 0.15) is 11.3 Å². The second kappa shape index (κ2) is 7.74. The topological polar surface area (TPSA) is 36.4 Å². The van der Waals surface area contributed by atoms with E-state index in [2.05, 4.69) is 9.88 Å². The highest BCUT2D eigenvalue weighted by Gasteiger charge is 2.29. The van der Waals surface area contributed by atoms with Gasteiger partial charge in [-0.05, 0) is 46.0 Å². The van der Waals surface area contributed by atoms with E-state index in [-0.39, 0.29) is 17.3 Å². The molecule has 3 rings (SSSR count). The zero-order valence-electron chi connectivity index (χ0n) is 14.6. The Labute approximate surface area is 150 Å². The Balaban J connectivity index is 1.89. The van der Waals surface area contributed by atoms with Gasteiger partial charge in [-0.15, -0.1) is 0 Å². The van der Waals surface area contributed by atoms with Crippen LogP contribution in [0.4, 0.5) is 13.9 Å². The lowest BCUT2D eigenvalue weighted by molar-refractivity contribution is -0.122. The molecule has 0 radical (unpaired) electrons. The van der Waals surface area contributed by atoms with E-state index in [1.165, 1.54) is 17.4 Å². The highest BCUT2D eigenvalue weighted by molar-refractivity contribution is 7.22. The molecule has 1 heterocycles. The molecule has 0 unspecified atom stereocenters. The van der Waals surface area contributed by atoms with Gasteiger partial charge in [0.2, 0.25) is 5.91 Å². The fraction of sp³-hybridized carbons (Fsp3) is 0.556. The number of hydrogen-bond donors (Lipinski definition) is 0. The van der Waals surface area contributed by atoms with Crippen molar-refractivity contribution in [2.75, 3.05) is 32.1 Å². The first-order valence-corrected chi connectivity index (χ1v) is 9.49. The van der Waals surface area contributed by atoms with Gasteiger partial charge in [-0.25, -0.2) is 13.8 Å². The standard InChI is InChI=1S/C18H23F2N3OS/c1-22(2)8-5-9-23(17(24)12-6-3-4-7-12)18-21-16-14(20)10-13(19)11-15(16)25-18/h10-12H,3-9H2,1-2H3. The molecule has 4 nitrogen and oxygen atoms in total. The Kier molecular flexibility index (Phi) is 5.64. The number of hydrogen-bond acceptors (Lipinski definition) is 4. The summed E-state index contributed by atoms with van der Waals surface area (Å²) in [6.07, 6.45) is 4.75. The van der Waals surface area contributed by atoms with Crippen LogP contribution in [0.15, 0.2) is 12.1 Å². The largest absolute Gasteiger partial charge is 0.309 e. The van der Waals surface area contributed by atoms with Crippen LogP contribution < -0.4 is 4.90 Å². The van der Waals surface area contributed by atoms with Crippen molar-refractivity contribution in [2.45, 2.75) is 32.1 Å². The Morgan fingerprint density at radius 3 is 2.64 bits per heavy atom. The average molecular weight is 367 g/mol. The van der Waals surface area contributed by atoms with Crippen molar-refractivity contribution in [1.82, 2.24) is 9.88 Å². The van der Waals surface area contributed by atoms with Gasteiger partial charge in [0.25, 0.3) is 0 Å². The molecule has 0 saturated heterocycles. The summed E-state index contributed by atoms with van der Waals surface area (Å²) in [4.78, 5) is 21.0. The van der Waals surface area contributed by atoms with E-state index in [0.29, 0.717) is 16.4 Å². The summed E-state index contributed by atoms with van der Waals surface area (Å²) in [7, 11) is 3.97. The van der Waals surface area contributed by atoms with E-state index in [4.69, 9.17) is 0 Å². The number of benzene rings is 1. The van der Waals surface area contributed by atoms with Crippen molar-refractivity contribution in [3.05, 3.63) is 23.8 Å². The van der Waals surface area contributed by atoms with Gasteiger partial charge in [-0.3, -0.25) is 9.69 Å². The molecule has 0 bridgehead atoms. The number of anilines is 1. The van der Waals surface area contributed by atoms with Gasteiger partial charge < -0.3 is 4.90 Å². The van der Waals surface area contributed by atoms with Crippen LogP contribution in [0, 0.1) is 17.6 Å².